The van der Waals surface area contributed by atoms with E-state index in [-0.39, 0.29) is 69.7 Å². The zero-order valence-electron chi connectivity index (χ0n) is 15.4. The van der Waals surface area contributed by atoms with E-state index in [0.29, 0.717) is 5.69 Å². The first-order valence-corrected chi connectivity index (χ1v) is 8.77. The van der Waals surface area contributed by atoms with Gasteiger partial charge in [-0.05, 0) is 36.4 Å². The molecule has 0 aliphatic rings. The molecule has 1 aromatic heterocycles. The normalized spacial score (nSPS) is 10.9. The number of carboxylic acids is 1. The molecule has 1 heterocycles. The van der Waals surface area contributed by atoms with Crippen LogP contribution in [-0.2, 0) is 10.1 Å². The topological polar surface area (TPSA) is 160 Å². The van der Waals surface area contributed by atoms with Crippen molar-refractivity contribution in [1.82, 2.24) is 9.78 Å². The Morgan fingerprint density at radius 3 is 2.10 bits per heavy atom. The maximum Gasteiger partial charge on any atom is 1.00 e. The van der Waals surface area contributed by atoms with E-state index in [4.69, 9.17) is 4.55 Å². The second kappa shape index (κ2) is 10.5. The number of aromatic nitrogens is 2. The van der Waals surface area contributed by atoms with Crippen molar-refractivity contribution in [1.29, 1.82) is 0 Å². The maximum absolute atomic E-state index is 12.4. The molecule has 29 heavy (non-hydrogen) atoms. The molecule has 0 spiro atoms. The van der Waals surface area contributed by atoms with E-state index < -0.39 is 33.3 Å². The summed E-state index contributed by atoms with van der Waals surface area (Å²) in [5, 5.41) is 34.8. The van der Waals surface area contributed by atoms with Gasteiger partial charge in [0, 0.05) is 5.88 Å². The minimum atomic E-state index is -4.36. The Morgan fingerprint density at radius 1 is 1.00 bits per heavy atom. The summed E-state index contributed by atoms with van der Waals surface area (Å²) in [6.07, 6.45) is 0. The number of carbonyl (C=O) groups excluding carboxylic acids is 1. The molecule has 0 atom stereocenters. The fraction of sp³-hybridized carbons (Fsp3) is 0. The molecule has 3 aromatic rings. The van der Waals surface area contributed by atoms with Crippen molar-refractivity contribution in [3.05, 3.63) is 60.3 Å². The summed E-state index contributed by atoms with van der Waals surface area (Å²) in [5.41, 5.74) is -0.748. The monoisotopic (exact) mass is 432 g/mol. The van der Waals surface area contributed by atoms with Crippen LogP contribution in [0.25, 0.3) is 5.69 Å². The second-order valence-corrected chi connectivity index (χ2v) is 6.63. The van der Waals surface area contributed by atoms with Gasteiger partial charge < -0.3 is 15.0 Å². The Bertz CT molecular complexity index is 1130. The number of carbonyl (C=O) groups is 1. The molecule has 0 bridgehead atoms. The van der Waals surface area contributed by atoms with Gasteiger partial charge in [-0.2, -0.15) is 18.6 Å². The van der Waals surface area contributed by atoms with Gasteiger partial charge in [-0.1, -0.05) is 18.2 Å². The van der Waals surface area contributed by atoms with E-state index in [1.807, 2.05) is 0 Å². The summed E-state index contributed by atoms with van der Waals surface area (Å²) >= 11 is 0. The zero-order valence-corrected chi connectivity index (χ0v) is 20.2. The van der Waals surface area contributed by atoms with Crippen LogP contribution in [0.2, 0.25) is 0 Å². The fourth-order valence-electron chi connectivity index (χ4n) is 2.16. The molecule has 3 rings (SSSR count). The predicted octanol–water partition coefficient (Wildman–Crippen LogP) is -5.02. The van der Waals surface area contributed by atoms with E-state index in [9.17, 15) is 23.4 Å². The van der Waals surface area contributed by atoms with E-state index >= 15 is 0 Å². The molecular formula is C16H10N4Na2O6S. The SMILES string of the molecule is O=C([O-])c1nn(-c2ccccc2)c([O-])c1N=Nc1ccc(S(=O)(=O)O)cc1.[Na+].[Na+]. The fourth-order valence-corrected chi connectivity index (χ4v) is 2.64. The molecule has 138 valence electrons. The molecule has 0 aliphatic carbocycles. The van der Waals surface area contributed by atoms with Crippen molar-refractivity contribution < 1.29 is 87.1 Å². The van der Waals surface area contributed by atoms with Crippen LogP contribution in [0.5, 0.6) is 5.88 Å². The quantitative estimate of drug-likeness (QED) is 0.240. The van der Waals surface area contributed by atoms with Gasteiger partial charge in [-0.3, -0.25) is 4.55 Å². The van der Waals surface area contributed by atoms with Gasteiger partial charge in [0.25, 0.3) is 10.1 Å². The van der Waals surface area contributed by atoms with Crippen LogP contribution in [0.15, 0.2) is 69.7 Å². The number of rotatable bonds is 5. The number of benzene rings is 2. The number of para-hydroxylation sites is 1. The molecule has 0 unspecified atom stereocenters. The molecular weight excluding hydrogens is 422 g/mol. The molecule has 0 aliphatic heterocycles. The number of nitrogens with zero attached hydrogens (tertiary/aromatic N) is 4. The molecule has 0 saturated carbocycles. The average molecular weight is 432 g/mol. The van der Waals surface area contributed by atoms with Crippen molar-refractivity contribution in [3.63, 3.8) is 0 Å². The molecule has 0 saturated heterocycles. The summed E-state index contributed by atoms with van der Waals surface area (Å²) in [7, 11) is -4.36. The van der Waals surface area contributed by atoms with Gasteiger partial charge in [-0.25, -0.2) is 4.68 Å². The second-order valence-electron chi connectivity index (χ2n) is 5.21. The Morgan fingerprint density at radius 2 is 1.59 bits per heavy atom. The third kappa shape index (κ3) is 5.96. The van der Waals surface area contributed by atoms with E-state index in [1.165, 1.54) is 12.1 Å². The van der Waals surface area contributed by atoms with Crippen molar-refractivity contribution in [2.24, 2.45) is 10.2 Å². The summed E-state index contributed by atoms with van der Waals surface area (Å²) < 4.78 is 31.8. The maximum atomic E-state index is 12.4. The molecule has 0 radical (unpaired) electrons. The standard InChI is InChI=1S/C16H12N4O6S.2Na/c21-15-13(18-17-10-6-8-12(9-7-10)27(24,25)26)14(16(22)23)19-20(15)11-4-2-1-3-5-11;;/h1-9,21H,(H,22,23)(H,24,25,26);;/q;2*+1/p-2. The van der Waals surface area contributed by atoms with Crippen LogP contribution in [0.1, 0.15) is 10.5 Å². The summed E-state index contributed by atoms with van der Waals surface area (Å²) in [4.78, 5) is 10.9. The summed E-state index contributed by atoms with van der Waals surface area (Å²) in [6.45, 7) is 0. The number of azo groups is 1. The average Bonchev–Trinajstić information content (AvgIpc) is 2.97. The third-order valence-corrected chi connectivity index (χ3v) is 4.28. The predicted molar refractivity (Wildman–Crippen MR) is 87.8 cm³/mol. The van der Waals surface area contributed by atoms with E-state index in [2.05, 4.69) is 15.3 Å². The minimum absolute atomic E-state index is 0. The van der Waals surface area contributed by atoms with Gasteiger partial charge in [0.2, 0.25) is 0 Å². The zero-order chi connectivity index (χ0) is 19.6. The van der Waals surface area contributed by atoms with Crippen LogP contribution in [0.3, 0.4) is 0 Å². The molecule has 10 nitrogen and oxygen atoms in total. The number of hydrogen-bond acceptors (Lipinski definition) is 8. The van der Waals surface area contributed by atoms with Gasteiger partial charge in [0.1, 0.15) is 11.4 Å². The van der Waals surface area contributed by atoms with Crippen molar-refractivity contribution in [2.75, 3.05) is 0 Å². The minimum Gasteiger partial charge on any atom is -0.857 e. The Hall–Kier alpha value is -1.57. The third-order valence-electron chi connectivity index (χ3n) is 3.41. The molecule has 1 N–H and O–H groups in total. The molecule has 2 aromatic carbocycles. The molecule has 0 fully saturated rings. The first kappa shape index (κ1) is 25.5. The number of carboxylic acid groups (broad SMARTS) is 1. The first-order valence-electron chi connectivity index (χ1n) is 7.33. The number of aromatic carboxylic acids is 1. The Balaban J connectivity index is 0.00000210. The van der Waals surface area contributed by atoms with Crippen LogP contribution >= 0.6 is 0 Å². The van der Waals surface area contributed by atoms with Gasteiger partial charge in [0.05, 0.1) is 22.2 Å². The van der Waals surface area contributed by atoms with Crippen LogP contribution in [-0.4, -0.2) is 28.7 Å². The summed E-state index contributed by atoms with van der Waals surface area (Å²) in [6, 6.07) is 12.7. The van der Waals surface area contributed by atoms with Gasteiger partial charge in [-0.15, -0.1) is 5.11 Å². The smallest absolute Gasteiger partial charge is 0.857 e. The van der Waals surface area contributed by atoms with Crippen LogP contribution in [0, 0.1) is 0 Å². The summed E-state index contributed by atoms with van der Waals surface area (Å²) in [5.74, 6) is -2.50. The van der Waals surface area contributed by atoms with E-state index in [0.717, 1.165) is 16.8 Å². The Kier molecular flexibility index (Phi) is 9.18. The van der Waals surface area contributed by atoms with Crippen molar-refractivity contribution in [2.45, 2.75) is 4.90 Å². The number of hydrogen-bond donors (Lipinski definition) is 1. The van der Waals surface area contributed by atoms with Crippen molar-refractivity contribution >= 4 is 27.5 Å². The van der Waals surface area contributed by atoms with E-state index in [1.54, 1.807) is 30.3 Å². The van der Waals surface area contributed by atoms with Crippen LogP contribution < -0.4 is 69.3 Å². The van der Waals surface area contributed by atoms with Crippen LogP contribution in [0.4, 0.5) is 11.4 Å². The van der Waals surface area contributed by atoms with Gasteiger partial charge in [0.15, 0.2) is 0 Å². The molecule has 13 heteroatoms. The molecule has 0 amide bonds. The van der Waals surface area contributed by atoms with Gasteiger partial charge >= 0.3 is 59.1 Å². The largest absolute Gasteiger partial charge is 1.00 e. The Labute approximate surface area is 209 Å². The first-order chi connectivity index (χ1) is 12.8. The van der Waals surface area contributed by atoms with Crippen molar-refractivity contribution in [3.8, 4) is 11.6 Å².